The molecular formula is C14H14ClF3N2O. The van der Waals surface area contributed by atoms with Crippen molar-refractivity contribution in [2.75, 3.05) is 6.61 Å². The zero-order valence-corrected chi connectivity index (χ0v) is 12.0. The molecule has 1 unspecified atom stereocenters. The molecule has 0 amide bonds. The summed E-state index contributed by atoms with van der Waals surface area (Å²) in [5, 5.41) is 3.77. The lowest BCUT2D eigenvalue weighted by molar-refractivity contribution is -0.154. The minimum absolute atomic E-state index is 0.00106. The summed E-state index contributed by atoms with van der Waals surface area (Å²) < 4.78 is 41.0. The number of nitrogens with one attached hydrogen (secondary N) is 1. The summed E-state index contributed by atoms with van der Waals surface area (Å²) in [4.78, 5) is 3.94. The van der Waals surface area contributed by atoms with Crippen LogP contribution in [0.15, 0.2) is 35.6 Å². The van der Waals surface area contributed by atoms with Gasteiger partial charge in [-0.25, -0.2) is 4.98 Å². The van der Waals surface area contributed by atoms with E-state index in [-0.39, 0.29) is 11.9 Å². The van der Waals surface area contributed by atoms with Crippen molar-refractivity contribution < 1.29 is 17.9 Å². The molecule has 0 fully saturated rings. The van der Waals surface area contributed by atoms with E-state index in [2.05, 4.69) is 15.0 Å². The number of dihydropyridines is 1. The van der Waals surface area contributed by atoms with Crippen molar-refractivity contribution in [3.05, 3.63) is 46.8 Å². The molecule has 1 atom stereocenters. The molecule has 0 saturated carbocycles. The number of pyridine rings is 1. The molecule has 3 nitrogen and oxygen atoms in total. The molecule has 1 N–H and O–H groups in total. The van der Waals surface area contributed by atoms with Gasteiger partial charge in [0.05, 0.1) is 0 Å². The maximum absolute atomic E-state index is 12.1. The van der Waals surface area contributed by atoms with E-state index in [1.807, 2.05) is 6.08 Å². The minimum atomic E-state index is -4.37. The highest BCUT2D eigenvalue weighted by atomic mass is 35.5. The summed E-state index contributed by atoms with van der Waals surface area (Å²) in [5.41, 5.74) is 1.46. The third kappa shape index (κ3) is 4.97. The molecule has 1 aromatic heterocycles. The van der Waals surface area contributed by atoms with Gasteiger partial charge in [-0.3, -0.25) is 0 Å². The highest BCUT2D eigenvalue weighted by Gasteiger charge is 2.29. The maximum atomic E-state index is 12.1. The second-order valence-electron chi connectivity index (χ2n) is 4.73. The first kappa shape index (κ1) is 15.7. The van der Waals surface area contributed by atoms with Gasteiger partial charge in [0, 0.05) is 22.8 Å². The van der Waals surface area contributed by atoms with Crippen LogP contribution < -0.4 is 10.1 Å². The van der Waals surface area contributed by atoms with Crippen molar-refractivity contribution >= 4 is 11.6 Å². The largest absolute Gasteiger partial charge is 0.468 e. The Bertz CT molecular complexity index is 570. The number of hydrogen-bond donors (Lipinski definition) is 1. The second-order valence-corrected chi connectivity index (χ2v) is 5.17. The van der Waals surface area contributed by atoms with Gasteiger partial charge in [-0.05, 0) is 43.3 Å². The van der Waals surface area contributed by atoms with Crippen molar-refractivity contribution in [1.82, 2.24) is 10.3 Å². The van der Waals surface area contributed by atoms with Crippen LogP contribution in [0.1, 0.15) is 11.1 Å². The number of aryl methyl sites for hydroxylation is 1. The fraction of sp³-hybridized carbons (Fsp3) is 0.357. The van der Waals surface area contributed by atoms with E-state index < -0.39 is 12.8 Å². The lowest BCUT2D eigenvalue weighted by Gasteiger charge is -2.17. The van der Waals surface area contributed by atoms with E-state index in [1.165, 1.54) is 6.20 Å². The first-order chi connectivity index (χ1) is 9.83. The van der Waals surface area contributed by atoms with Crippen LogP contribution in [0.2, 0.25) is 0 Å². The van der Waals surface area contributed by atoms with Crippen molar-refractivity contribution in [2.45, 2.75) is 25.6 Å². The molecule has 0 radical (unpaired) electrons. The fourth-order valence-corrected chi connectivity index (χ4v) is 2.17. The van der Waals surface area contributed by atoms with Crippen LogP contribution in [0.3, 0.4) is 0 Å². The third-order valence-electron chi connectivity index (χ3n) is 2.83. The zero-order valence-electron chi connectivity index (χ0n) is 11.2. The van der Waals surface area contributed by atoms with E-state index in [0.717, 1.165) is 5.56 Å². The molecule has 0 saturated heterocycles. The van der Waals surface area contributed by atoms with E-state index in [4.69, 9.17) is 11.6 Å². The summed E-state index contributed by atoms with van der Waals surface area (Å²) in [7, 11) is 0. The predicted octanol–water partition coefficient (Wildman–Crippen LogP) is 3.48. The number of aromatic nitrogens is 1. The van der Waals surface area contributed by atoms with Crippen molar-refractivity contribution in [3.8, 4) is 5.88 Å². The summed E-state index contributed by atoms with van der Waals surface area (Å²) in [6.07, 6.45) is 3.15. The number of ether oxygens (including phenoxy) is 1. The molecule has 114 valence electrons. The van der Waals surface area contributed by atoms with Crippen LogP contribution in [0, 0.1) is 6.92 Å². The smallest absolute Gasteiger partial charge is 0.422 e. The molecule has 2 rings (SSSR count). The summed E-state index contributed by atoms with van der Waals surface area (Å²) in [5.74, 6) is 0.00106. The molecule has 0 spiro atoms. The third-order valence-corrected chi connectivity index (χ3v) is 3.08. The Kier molecular flexibility index (Phi) is 4.77. The highest BCUT2D eigenvalue weighted by Crippen LogP contribution is 2.21. The van der Waals surface area contributed by atoms with Crippen LogP contribution in [-0.4, -0.2) is 23.8 Å². The van der Waals surface area contributed by atoms with Gasteiger partial charge in [0.2, 0.25) is 5.88 Å². The van der Waals surface area contributed by atoms with Crippen molar-refractivity contribution in [1.29, 1.82) is 0 Å². The van der Waals surface area contributed by atoms with Gasteiger partial charge < -0.3 is 10.1 Å². The number of alkyl halides is 3. The molecule has 2 heterocycles. The molecule has 1 aromatic rings. The molecule has 0 bridgehead atoms. The number of allylic oxidation sites excluding steroid dienone is 2. The molecule has 0 aromatic carbocycles. The topological polar surface area (TPSA) is 34.2 Å². The van der Waals surface area contributed by atoms with Crippen LogP contribution in [0.4, 0.5) is 13.2 Å². The van der Waals surface area contributed by atoms with Crippen LogP contribution >= 0.6 is 11.6 Å². The van der Waals surface area contributed by atoms with Crippen LogP contribution in [0.25, 0.3) is 0 Å². The SMILES string of the molecule is Cc1cc(CC2C=C(Cl)C=CN2)cnc1OCC(F)(F)F. The Hall–Kier alpha value is -1.69. The van der Waals surface area contributed by atoms with Gasteiger partial charge in [0.25, 0.3) is 0 Å². The Labute approximate surface area is 125 Å². The van der Waals surface area contributed by atoms with Gasteiger partial charge in [0.1, 0.15) is 0 Å². The Balaban J connectivity index is 2.00. The Morgan fingerprint density at radius 1 is 1.43 bits per heavy atom. The molecule has 0 aliphatic carbocycles. The fourth-order valence-electron chi connectivity index (χ4n) is 1.95. The van der Waals surface area contributed by atoms with E-state index in [9.17, 15) is 13.2 Å². The molecule has 7 heteroatoms. The lowest BCUT2D eigenvalue weighted by Crippen LogP contribution is -2.26. The van der Waals surface area contributed by atoms with E-state index in [1.54, 1.807) is 25.3 Å². The number of rotatable bonds is 4. The normalized spacial score (nSPS) is 18.1. The summed E-state index contributed by atoms with van der Waals surface area (Å²) in [6.45, 7) is 0.326. The van der Waals surface area contributed by atoms with Gasteiger partial charge in [-0.1, -0.05) is 11.6 Å². The Morgan fingerprint density at radius 2 is 2.19 bits per heavy atom. The predicted molar refractivity (Wildman–Crippen MR) is 74.2 cm³/mol. The first-order valence-electron chi connectivity index (χ1n) is 6.28. The second kappa shape index (κ2) is 6.39. The number of nitrogens with zero attached hydrogens (tertiary/aromatic N) is 1. The van der Waals surface area contributed by atoms with E-state index >= 15 is 0 Å². The van der Waals surface area contributed by atoms with Gasteiger partial charge in [-0.2, -0.15) is 13.2 Å². The maximum Gasteiger partial charge on any atom is 0.422 e. The van der Waals surface area contributed by atoms with Crippen molar-refractivity contribution in [2.24, 2.45) is 0 Å². The average molecular weight is 319 g/mol. The molecule has 21 heavy (non-hydrogen) atoms. The molecule has 1 aliphatic rings. The van der Waals surface area contributed by atoms with Crippen molar-refractivity contribution in [3.63, 3.8) is 0 Å². The monoisotopic (exact) mass is 318 g/mol. The van der Waals surface area contributed by atoms with Crippen LogP contribution in [0.5, 0.6) is 5.88 Å². The highest BCUT2D eigenvalue weighted by molar-refractivity contribution is 6.31. The molecular weight excluding hydrogens is 305 g/mol. The van der Waals surface area contributed by atoms with Gasteiger partial charge >= 0.3 is 6.18 Å². The van der Waals surface area contributed by atoms with Gasteiger partial charge in [-0.15, -0.1) is 0 Å². The quantitative estimate of drug-likeness (QED) is 0.923. The number of hydrogen-bond acceptors (Lipinski definition) is 3. The number of halogens is 4. The standard InChI is InChI=1S/C14H14ClF3N2O/c1-9-4-10(5-12-6-11(15)2-3-19-12)7-20-13(9)21-8-14(16,17)18/h2-4,6-7,12,19H,5,8H2,1H3. The minimum Gasteiger partial charge on any atom is -0.468 e. The molecule has 1 aliphatic heterocycles. The van der Waals surface area contributed by atoms with Gasteiger partial charge in [0.15, 0.2) is 6.61 Å². The summed E-state index contributed by atoms with van der Waals surface area (Å²) in [6, 6.07) is 1.80. The van der Waals surface area contributed by atoms with Crippen LogP contribution in [-0.2, 0) is 6.42 Å². The average Bonchev–Trinajstić information content (AvgIpc) is 2.36. The lowest BCUT2D eigenvalue weighted by atomic mass is 10.0. The van der Waals surface area contributed by atoms with E-state index in [0.29, 0.717) is 17.0 Å². The Morgan fingerprint density at radius 3 is 2.81 bits per heavy atom. The zero-order chi connectivity index (χ0) is 15.5. The first-order valence-corrected chi connectivity index (χ1v) is 6.66. The summed E-state index contributed by atoms with van der Waals surface area (Å²) >= 11 is 5.91.